The molecule has 5 heteroatoms. The molecule has 0 aromatic heterocycles. The Morgan fingerprint density at radius 1 is 1.00 bits per heavy atom. The van der Waals surface area contributed by atoms with Crippen molar-refractivity contribution in [2.45, 2.75) is 0 Å². The van der Waals surface area contributed by atoms with Gasteiger partial charge in [-0.2, -0.15) is 0 Å². The van der Waals surface area contributed by atoms with Crippen molar-refractivity contribution in [3.8, 4) is 0 Å². The summed E-state index contributed by atoms with van der Waals surface area (Å²) in [6, 6.07) is 15.4. The lowest BCUT2D eigenvalue weighted by Gasteiger charge is -2.13. The summed E-state index contributed by atoms with van der Waals surface area (Å²) in [5, 5.41) is 4.60. The second-order valence-corrected chi connectivity index (χ2v) is 5.18. The van der Waals surface area contributed by atoms with Gasteiger partial charge in [-0.25, -0.2) is 5.43 Å². The van der Waals surface area contributed by atoms with Gasteiger partial charge in [-0.3, -0.25) is 4.79 Å². The van der Waals surface area contributed by atoms with Gasteiger partial charge in [0.05, 0.1) is 0 Å². The molecule has 1 amide bonds. The zero-order chi connectivity index (χ0) is 15.4. The Balaban J connectivity index is 1.71. The molecule has 3 rings (SSSR count). The van der Waals surface area contributed by atoms with Crippen LogP contribution in [0.4, 0.5) is 0 Å². The number of amides is 1. The Bertz CT molecular complexity index is 734. The molecule has 0 atom stereocenters. The van der Waals surface area contributed by atoms with Crippen LogP contribution in [0.1, 0.15) is 16.7 Å². The molecule has 0 saturated heterocycles. The van der Waals surface area contributed by atoms with Crippen LogP contribution in [0.15, 0.2) is 53.6 Å². The highest BCUT2D eigenvalue weighted by molar-refractivity contribution is 6.30. The molecule has 4 nitrogen and oxygen atoms in total. The number of hydrazone groups is 1. The van der Waals surface area contributed by atoms with Gasteiger partial charge in [-0.15, -0.1) is 5.10 Å². The Morgan fingerprint density at radius 2 is 1.59 bits per heavy atom. The van der Waals surface area contributed by atoms with E-state index >= 15 is 0 Å². The van der Waals surface area contributed by atoms with Crippen LogP contribution in [0, 0.1) is 0 Å². The fraction of sp³-hybridized carbons (Fsp3) is 0.0588. The van der Waals surface area contributed by atoms with Crippen molar-refractivity contribution in [3.63, 3.8) is 0 Å². The summed E-state index contributed by atoms with van der Waals surface area (Å²) in [5.41, 5.74) is 5.35. The average Bonchev–Trinajstić information content (AvgIpc) is 2.56. The van der Waals surface area contributed by atoms with E-state index in [1.807, 2.05) is 60.7 Å². The van der Waals surface area contributed by atoms with E-state index in [1.54, 1.807) is 0 Å². The molecule has 0 fully saturated rings. The first-order chi connectivity index (χ1) is 10.7. The summed E-state index contributed by atoms with van der Waals surface area (Å²) >= 11 is 5.86. The first-order valence-corrected chi connectivity index (χ1v) is 7.12. The van der Waals surface area contributed by atoms with Gasteiger partial charge >= 0.3 is 0 Å². The van der Waals surface area contributed by atoms with Gasteiger partial charge in [0.15, 0.2) is 6.61 Å². The average molecular weight is 313 g/mol. The summed E-state index contributed by atoms with van der Waals surface area (Å²) in [6.07, 6.45) is 4.03. The fourth-order valence-corrected chi connectivity index (χ4v) is 2.09. The second-order valence-electron chi connectivity index (χ2n) is 4.75. The molecule has 1 aliphatic rings. The maximum Gasteiger partial charge on any atom is 0.278 e. The zero-order valence-corrected chi connectivity index (χ0v) is 12.4. The van der Waals surface area contributed by atoms with Crippen LogP contribution < -0.4 is 5.43 Å². The first kappa shape index (κ1) is 14.4. The van der Waals surface area contributed by atoms with Crippen molar-refractivity contribution < 1.29 is 9.53 Å². The number of nitrogens with zero attached hydrogens (tertiary/aromatic N) is 1. The maximum absolute atomic E-state index is 11.0. The standard InChI is InChI=1S/C17H13ClN2O2/c18-15-9-5-13(6-10-15)2-1-12-3-7-14(8-4-12)17-20-19-16(21)11-22-17/h1-10H,11H2,(H,19,21)/b2-1+. The van der Waals surface area contributed by atoms with Crippen LogP contribution in [0.25, 0.3) is 12.2 Å². The van der Waals surface area contributed by atoms with Crippen LogP contribution in [0.5, 0.6) is 0 Å². The summed E-state index contributed by atoms with van der Waals surface area (Å²) < 4.78 is 5.26. The van der Waals surface area contributed by atoms with Gasteiger partial charge in [-0.1, -0.05) is 48.0 Å². The largest absolute Gasteiger partial charge is 0.466 e. The minimum Gasteiger partial charge on any atom is -0.466 e. The third kappa shape index (κ3) is 3.54. The molecule has 1 heterocycles. The van der Waals surface area contributed by atoms with E-state index in [9.17, 15) is 4.79 Å². The molecule has 110 valence electrons. The van der Waals surface area contributed by atoms with Gasteiger partial charge in [-0.05, 0) is 35.4 Å². The van der Waals surface area contributed by atoms with Gasteiger partial charge in [0.2, 0.25) is 5.90 Å². The quantitative estimate of drug-likeness (QED) is 0.884. The molecule has 0 unspecified atom stereocenters. The molecule has 1 aliphatic heterocycles. The van der Waals surface area contributed by atoms with Gasteiger partial charge in [0.25, 0.3) is 5.91 Å². The van der Waals surface area contributed by atoms with Crippen molar-refractivity contribution in [2.24, 2.45) is 5.10 Å². The van der Waals surface area contributed by atoms with Gasteiger partial charge < -0.3 is 4.74 Å². The molecule has 0 saturated carbocycles. The molecule has 2 aromatic rings. The SMILES string of the molecule is O=C1COC(c2ccc(/C=C/c3ccc(Cl)cc3)cc2)=NN1. The van der Waals surface area contributed by atoms with E-state index in [-0.39, 0.29) is 12.5 Å². The predicted molar refractivity (Wildman–Crippen MR) is 87.5 cm³/mol. The maximum atomic E-state index is 11.0. The van der Waals surface area contributed by atoms with Crippen molar-refractivity contribution >= 4 is 35.6 Å². The lowest BCUT2D eigenvalue weighted by molar-refractivity contribution is -0.124. The molecular weight excluding hydrogens is 300 g/mol. The Morgan fingerprint density at radius 3 is 2.14 bits per heavy atom. The summed E-state index contributed by atoms with van der Waals surface area (Å²) in [5.74, 6) is 0.180. The highest BCUT2D eigenvalue weighted by atomic mass is 35.5. The Hall–Kier alpha value is -2.59. The molecule has 0 aliphatic carbocycles. The van der Waals surface area contributed by atoms with E-state index in [0.717, 1.165) is 21.7 Å². The Labute approximate surface area is 133 Å². The van der Waals surface area contributed by atoms with E-state index < -0.39 is 0 Å². The van der Waals surface area contributed by atoms with Crippen LogP contribution in [0.2, 0.25) is 5.02 Å². The lowest BCUT2D eigenvalue weighted by atomic mass is 10.1. The smallest absolute Gasteiger partial charge is 0.278 e. The number of benzene rings is 2. The Kier molecular flexibility index (Phi) is 4.21. The number of carbonyl (C=O) groups excluding carboxylic acids is 1. The molecule has 2 aromatic carbocycles. The third-order valence-corrected chi connectivity index (χ3v) is 3.37. The van der Waals surface area contributed by atoms with E-state index in [2.05, 4.69) is 10.5 Å². The minimum atomic E-state index is -0.244. The highest BCUT2D eigenvalue weighted by Gasteiger charge is 2.13. The number of carbonyl (C=O) groups is 1. The number of nitrogens with one attached hydrogen (secondary N) is 1. The normalized spacial score (nSPS) is 14.4. The van der Waals surface area contributed by atoms with E-state index in [4.69, 9.17) is 16.3 Å². The fourth-order valence-electron chi connectivity index (χ4n) is 1.96. The second kappa shape index (κ2) is 6.45. The highest BCUT2D eigenvalue weighted by Crippen LogP contribution is 2.14. The van der Waals surface area contributed by atoms with Crippen LogP contribution in [0.3, 0.4) is 0 Å². The molecule has 0 spiro atoms. The van der Waals surface area contributed by atoms with Crippen LogP contribution in [-0.4, -0.2) is 18.4 Å². The topological polar surface area (TPSA) is 50.7 Å². The van der Waals surface area contributed by atoms with E-state index in [1.165, 1.54) is 0 Å². The number of hydrogen-bond donors (Lipinski definition) is 1. The molecule has 1 N–H and O–H groups in total. The molecule has 22 heavy (non-hydrogen) atoms. The van der Waals surface area contributed by atoms with Crippen molar-refractivity contribution in [3.05, 3.63) is 70.2 Å². The number of hydrogen-bond acceptors (Lipinski definition) is 3. The predicted octanol–water partition coefficient (Wildman–Crippen LogP) is 3.32. The van der Waals surface area contributed by atoms with Crippen molar-refractivity contribution in [1.29, 1.82) is 0 Å². The van der Waals surface area contributed by atoms with Crippen LogP contribution in [-0.2, 0) is 9.53 Å². The van der Waals surface area contributed by atoms with Gasteiger partial charge in [0, 0.05) is 10.6 Å². The number of rotatable bonds is 3. The van der Waals surface area contributed by atoms with Crippen molar-refractivity contribution in [2.75, 3.05) is 6.61 Å². The van der Waals surface area contributed by atoms with E-state index in [0.29, 0.717) is 5.90 Å². The zero-order valence-electron chi connectivity index (χ0n) is 11.6. The summed E-state index contributed by atoms with van der Waals surface area (Å²) in [4.78, 5) is 11.0. The first-order valence-electron chi connectivity index (χ1n) is 6.74. The number of halogens is 1. The minimum absolute atomic E-state index is 0.00292. The lowest BCUT2D eigenvalue weighted by Crippen LogP contribution is -2.32. The molecule has 0 radical (unpaired) electrons. The van der Waals surface area contributed by atoms with Crippen molar-refractivity contribution in [1.82, 2.24) is 5.43 Å². The van der Waals surface area contributed by atoms with Crippen LogP contribution >= 0.6 is 11.6 Å². The van der Waals surface area contributed by atoms with Gasteiger partial charge in [0.1, 0.15) is 0 Å². The summed E-state index contributed by atoms with van der Waals surface area (Å²) in [6.45, 7) is -0.00292. The molecular formula is C17H13ClN2O2. The molecule has 0 bridgehead atoms. The third-order valence-electron chi connectivity index (χ3n) is 3.12. The number of ether oxygens (including phenoxy) is 1. The monoisotopic (exact) mass is 312 g/mol. The summed E-state index contributed by atoms with van der Waals surface area (Å²) in [7, 11) is 0.